The predicted octanol–water partition coefficient (Wildman–Crippen LogP) is 5.41. The summed E-state index contributed by atoms with van der Waals surface area (Å²) < 4.78 is 0. The maximum absolute atomic E-state index is 2.60. The Bertz CT molecular complexity index is 375. The van der Waals surface area contributed by atoms with Crippen LogP contribution in [-0.4, -0.2) is 8.07 Å². The van der Waals surface area contributed by atoms with Gasteiger partial charge in [-0.3, -0.25) is 0 Å². The summed E-state index contributed by atoms with van der Waals surface area (Å²) in [5, 5.41) is 0. The number of fused-ring (bicyclic) bond motifs is 1. The third-order valence-electron chi connectivity index (χ3n) is 4.89. The summed E-state index contributed by atoms with van der Waals surface area (Å²) in [6.07, 6.45) is 6.37. The second-order valence-corrected chi connectivity index (χ2v) is 13.1. The van der Waals surface area contributed by atoms with Crippen LogP contribution in [0, 0.1) is 11.3 Å². The molecule has 0 bridgehead atoms. The molecule has 0 saturated carbocycles. The summed E-state index contributed by atoms with van der Waals surface area (Å²) in [4.78, 5) is 0. The minimum Gasteiger partial charge on any atom is -0.0832 e. The van der Waals surface area contributed by atoms with Gasteiger partial charge in [-0.2, -0.15) is 0 Å². The molecule has 1 aliphatic carbocycles. The number of rotatable bonds is 1. The third kappa shape index (κ3) is 2.07. The molecule has 3 atom stereocenters. The molecule has 1 saturated heterocycles. The summed E-state index contributed by atoms with van der Waals surface area (Å²) in [5.74, 6) is 0.876. The number of allylic oxidation sites excluding steroid dienone is 4. The van der Waals surface area contributed by atoms with Gasteiger partial charge in [0.05, 0.1) is 8.07 Å². The molecule has 1 heterocycles. The Morgan fingerprint density at radius 3 is 2.29 bits per heavy atom. The van der Waals surface area contributed by atoms with Crippen molar-refractivity contribution in [2.24, 2.45) is 11.3 Å². The molecule has 0 unspecified atom stereocenters. The lowest BCUT2D eigenvalue weighted by Crippen LogP contribution is -2.55. The van der Waals surface area contributed by atoms with Gasteiger partial charge in [-0.25, -0.2) is 0 Å². The molecule has 17 heavy (non-hydrogen) atoms. The van der Waals surface area contributed by atoms with Crippen molar-refractivity contribution in [2.45, 2.75) is 65.2 Å². The van der Waals surface area contributed by atoms with E-state index in [1.54, 1.807) is 5.57 Å². The second-order valence-electron chi connectivity index (χ2n) is 8.06. The molecule has 2 aliphatic rings. The lowest BCUT2D eigenvalue weighted by atomic mass is 9.82. The van der Waals surface area contributed by atoms with Crippen molar-refractivity contribution < 1.29 is 0 Å². The van der Waals surface area contributed by atoms with E-state index < -0.39 is 8.07 Å². The van der Waals surface area contributed by atoms with Crippen LogP contribution in [0.15, 0.2) is 23.3 Å². The molecule has 0 radical (unpaired) electrons. The Labute approximate surface area is 108 Å². The molecule has 2 rings (SSSR count). The van der Waals surface area contributed by atoms with Crippen LogP contribution in [0.1, 0.15) is 41.0 Å². The van der Waals surface area contributed by atoms with Crippen LogP contribution in [-0.2, 0) is 0 Å². The summed E-state index contributed by atoms with van der Waals surface area (Å²) in [7, 11) is -1.03. The van der Waals surface area contributed by atoms with E-state index in [1.165, 1.54) is 12.0 Å². The zero-order valence-corrected chi connectivity index (χ0v) is 13.6. The fourth-order valence-corrected chi connectivity index (χ4v) is 8.49. The largest absolute Gasteiger partial charge is 0.0832 e. The van der Waals surface area contributed by atoms with E-state index in [4.69, 9.17) is 0 Å². The second kappa shape index (κ2) is 3.84. The first-order chi connectivity index (χ1) is 7.64. The first-order valence-electron chi connectivity index (χ1n) is 7.00. The van der Waals surface area contributed by atoms with Gasteiger partial charge in [0.1, 0.15) is 0 Å². The van der Waals surface area contributed by atoms with Gasteiger partial charge in [0.15, 0.2) is 0 Å². The summed E-state index contributed by atoms with van der Waals surface area (Å²) in [5.41, 5.74) is 5.61. The maximum atomic E-state index is 2.60. The molecular weight excluding hydrogens is 220 g/mol. The first kappa shape index (κ1) is 13.1. The van der Waals surface area contributed by atoms with E-state index >= 15 is 0 Å². The van der Waals surface area contributed by atoms with Crippen LogP contribution in [0.4, 0.5) is 0 Å². The van der Waals surface area contributed by atoms with Crippen LogP contribution in [0.25, 0.3) is 0 Å². The van der Waals surface area contributed by atoms with Crippen molar-refractivity contribution in [3.8, 4) is 0 Å². The van der Waals surface area contributed by atoms with E-state index in [1.807, 2.05) is 0 Å². The summed E-state index contributed by atoms with van der Waals surface area (Å²) in [6.45, 7) is 17.0. The topological polar surface area (TPSA) is 0 Å². The molecule has 0 aromatic heterocycles. The SMILES string of the molecule is CC(C)=C1C=C[C@@H]2[C@H]1[C@H](CC(C)(C)C)[Si]2(C)C. The van der Waals surface area contributed by atoms with Crippen LogP contribution >= 0.6 is 0 Å². The monoisotopic (exact) mass is 248 g/mol. The molecular formula is C16H28Si. The van der Waals surface area contributed by atoms with Crippen LogP contribution in [0.5, 0.6) is 0 Å². The molecule has 0 amide bonds. The Morgan fingerprint density at radius 1 is 1.24 bits per heavy atom. The molecule has 0 nitrogen and oxygen atoms in total. The van der Waals surface area contributed by atoms with Crippen molar-refractivity contribution >= 4 is 8.07 Å². The van der Waals surface area contributed by atoms with Gasteiger partial charge in [-0.1, -0.05) is 51.6 Å². The third-order valence-corrected chi connectivity index (χ3v) is 9.63. The minimum atomic E-state index is -1.03. The molecule has 96 valence electrons. The van der Waals surface area contributed by atoms with Gasteiger partial charge in [-0.05, 0) is 48.3 Å². The molecule has 0 N–H and O–H groups in total. The lowest BCUT2D eigenvalue weighted by molar-refractivity contribution is 0.309. The van der Waals surface area contributed by atoms with Crippen LogP contribution < -0.4 is 0 Å². The average molecular weight is 248 g/mol. The van der Waals surface area contributed by atoms with Gasteiger partial charge >= 0.3 is 0 Å². The van der Waals surface area contributed by atoms with Crippen molar-refractivity contribution in [2.75, 3.05) is 0 Å². The van der Waals surface area contributed by atoms with Gasteiger partial charge in [0.25, 0.3) is 0 Å². The number of hydrogen-bond acceptors (Lipinski definition) is 0. The van der Waals surface area contributed by atoms with E-state index in [9.17, 15) is 0 Å². The Morgan fingerprint density at radius 2 is 1.82 bits per heavy atom. The van der Waals surface area contributed by atoms with Gasteiger partial charge < -0.3 is 0 Å². The molecule has 1 heteroatoms. The van der Waals surface area contributed by atoms with Gasteiger partial charge in [0.2, 0.25) is 0 Å². The Kier molecular flexibility index (Phi) is 2.97. The zero-order chi connectivity index (χ0) is 13.0. The molecule has 0 aromatic rings. The van der Waals surface area contributed by atoms with Gasteiger partial charge in [0, 0.05) is 0 Å². The van der Waals surface area contributed by atoms with Crippen LogP contribution in [0.3, 0.4) is 0 Å². The summed E-state index contributed by atoms with van der Waals surface area (Å²) >= 11 is 0. The van der Waals surface area contributed by atoms with Crippen LogP contribution in [0.2, 0.25) is 24.2 Å². The smallest absolute Gasteiger partial charge is 0.0588 e. The normalized spacial score (nSPS) is 34.5. The van der Waals surface area contributed by atoms with E-state index in [-0.39, 0.29) is 0 Å². The van der Waals surface area contributed by atoms with Crippen molar-refractivity contribution in [3.63, 3.8) is 0 Å². The van der Waals surface area contributed by atoms with Crippen molar-refractivity contribution in [3.05, 3.63) is 23.3 Å². The van der Waals surface area contributed by atoms with E-state index in [0.717, 1.165) is 17.0 Å². The average Bonchev–Trinajstić information content (AvgIpc) is 2.54. The molecule has 0 aromatic carbocycles. The molecule has 0 spiro atoms. The summed E-state index contributed by atoms with van der Waals surface area (Å²) in [6, 6.07) is 0. The predicted molar refractivity (Wildman–Crippen MR) is 80.1 cm³/mol. The fraction of sp³-hybridized carbons (Fsp3) is 0.750. The van der Waals surface area contributed by atoms with E-state index in [0.29, 0.717) is 5.41 Å². The Hall–Kier alpha value is -0.303. The lowest BCUT2D eigenvalue weighted by Gasteiger charge is -2.57. The quantitative estimate of drug-likeness (QED) is 0.544. The molecule has 1 aliphatic heterocycles. The maximum Gasteiger partial charge on any atom is 0.0588 e. The molecule has 1 fully saturated rings. The fourth-order valence-electron chi connectivity index (χ4n) is 3.95. The van der Waals surface area contributed by atoms with E-state index in [2.05, 4.69) is 59.9 Å². The Balaban J connectivity index is 2.26. The number of hydrogen-bond donors (Lipinski definition) is 0. The zero-order valence-electron chi connectivity index (χ0n) is 12.6. The highest BCUT2D eigenvalue weighted by Crippen LogP contribution is 2.66. The van der Waals surface area contributed by atoms with Crippen molar-refractivity contribution in [1.29, 1.82) is 0 Å². The van der Waals surface area contributed by atoms with Gasteiger partial charge in [-0.15, -0.1) is 0 Å². The minimum absolute atomic E-state index is 0.481. The van der Waals surface area contributed by atoms with Crippen molar-refractivity contribution in [1.82, 2.24) is 0 Å². The first-order valence-corrected chi connectivity index (χ1v) is 10.2. The highest BCUT2D eigenvalue weighted by atomic mass is 28.3. The highest BCUT2D eigenvalue weighted by molar-refractivity contribution is 6.84. The highest BCUT2D eigenvalue weighted by Gasteiger charge is 2.59. The standard InChI is InChI=1S/C16H28Si/c1-11(2)12-8-9-13-15(12)14(17(13,6)7)10-16(3,4)5/h8-9,13-15H,10H2,1-7H3/t13-,14+,15+/m1/s1.